The number of methoxy groups -OCH3 is 1. The molecule has 4 aromatic rings. The lowest BCUT2D eigenvalue weighted by molar-refractivity contribution is -0.116. The van der Waals surface area contributed by atoms with Crippen molar-refractivity contribution in [3.8, 4) is 17.2 Å². The lowest BCUT2D eigenvalue weighted by Gasteiger charge is -2.14. The molecule has 0 bridgehead atoms. The second-order valence-electron chi connectivity index (χ2n) is 7.32. The van der Waals surface area contributed by atoms with Crippen LogP contribution in [-0.2, 0) is 17.9 Å². The minimum atomic E-state index is -0.572. The first kappa shape index (κ1) is 20.8. The van der Waals surface area contributed by atoms with Crippen molar-refractivity contribution in [1.29, 1.82) is 0 Å². The van der Waals surface area contributed by atoms with Crippen LogP contribution in [-0.4, -0.2) is 28.9 Å². The topological polar surface area (TPSA) is 101 Å². The average Bonchev–Trinajstić information content (AvgIpc) is 3.49. The molecule has 0 saturated carbocycles. The van der Waals surface area contributed by atoms with E-state index in [-0.39, 0.29) is 19.9 Å². The maximum Gasteiger partial charge on any atom is 0.332 e. The number of benzene rings is 2. The number of nitrogens with zero attached hydrogens (tertiary/aromatic N) is 2. The van der Waals surface area contributed by atoms with Crippen LogP contribution in [0.2, 0.25) is 0 Å². The summed E-state index contributed by atoms with van der Waals surface area (Å²) >= 11 is 1.23. The Kier molecular flexibility index (Phi) is 5.35. The van der Waals surface area contributed by atoms with Gasteiger partial charge in [0.2, 0.25) is 12.7 Å². The normalized spacial score (nSPS) is 12.2. The minimum absolute atomic E-state index is 0.0271. The molecule has 0 spiro atoms. The zero-order valence-corrected chi connectivity index (χ0v) is 18.4. The van der Waals surface area contributed by atoms with Crippen LogP contribution in [0.3, 0.4) is 0 Å². The van der Waals surface area contributed by atoms with Crippen molar-refractivity contribution >= 4 is 33.1 Å². The number of carbonyl (C=O) groups is 1. The Balaban J connectivity index is 1.49. The smallest absolute Gasteiger partial charge is 0.332 e. The summed E-state index contributed by atoms with van der Waals surface area (Å²) < 4.78 is 18.8. The average molecular weight is 465 g/mol. The molecule has 2 aromatic heterocycles. The maximum absolute atomic E-state index is 13.3. The van der Waals surface area contributed by atoms with Gasteiger partial charge in [0.15, 0.2) is 11.5 Å². The number of hydrogen-bond acceptors (Lipinski definition) is 7. The van der Waals surface area contributed by atoms with Crippen molar-refractivity contribution < 1.29 is 19.0 Å². The highest BCUT2D eigenvalue weighted by Gasteiger charge is 2.19. The number of nitrogens with one attached hydrogen (secondary N) is 1. The molecule has 0 fully saturated rings. The van der Waals surface area contributed by atoms with Crippen LogP contribution in [0.5, 0.6) is 17.2 Å². The molecule has 1 aliphatic heterocycles. The molecule has 0 unspecified atom stereocenters. The highest BCUT2D eigenvalue weighted by molar-refractivity contribution is 7.17. The standard InChI is InChI=1S/C23H19N3O6S/c1-30-17-5-3-2-4-14(17)11-26-22(28)21-16(8-9-33-21)25(23(26)29)12-20(27)24-15-6-7-18-19(10-15)32-13-31-18/h2-10H,11-13H2,1H3,(H,24,27). The van der Waals surface area contributed by atoms with E-state index in [4.69, 9.17) is 14.2 Å². The van der Waals surface area contributed by atoms with Gasteiger partial charge in [-0.05, 0) is 29.6 Å². The van der Waals surface area contributed by atoms with E-state index in [2.05, 4.69) is 5.32 Å². The summed E-state index contributed by atoms with van der Waals surface area (Å²) in [5, 5.41) is 4.50. The summed E-state index contributed by atoms with van der Waals surface area (Å²) in [6.07, 6.45) is 0. The Bertz CT molecular complexity index is 1490. The van der Waals surface area contributed by atoms with Gasteiger partial charge in [0.25, 0.3) is 5.56 Å². The number of anilines is 1. The lowest BCUT2D eigenvalue weighted by Crippen LogP contribution is -2.41. The fourth-order valence-electron chi connectivity index (χ4n) is 3.75. The van der Waals surface area contributed by atoms with Crippen molar-refractivity contribution in [2.24, 2.45) is 0 Å². The number of fused-ring (bicyclic) bond motifs is 2. The van der Waals surface area contributed by atoms with Crippen molar-refractivity contribution in [3.63, 3.8) is 0 Å². The molecule has 0 saturated heterocycles. The van der Waals surface area contributed by atoms with E-state index >= 15 is 0 Å². The molecule has 0 atom stereocenters. The third-order valence-corrected chi connectivity index (χ3v) is 6.21. The van der Waals surface area contributed by atoms with E-state index in [1.165, 1.54) is 23.0 Å². The summed E-state index contributed by atoms with van der Waals surface area (Å²) in [7, 11) is 1.53. The number of hydrogen-bond donors (Lipinski definition) is 1. The molecule has 0 aliphatic carbocycles. The van der Waals surface area contributed by atoms with Crippen molar-refractivity contribution in [3.05, 3.63) is 80.3 Å². The van der Waals surface area contributed by atoms with Crippen LogP contribution >= 0.6 is 11.3 Å². The quantitative estimate of drug-likeness (QED) is 0.470. The Hall–Kier alpha value is -4.05. The van der Waals surface area contributed by atoms with Crippen molar-refractivity contribution in [1.82, 2.24) is 9.13 Å². The van der Waals surface area contributed by atoms with Gasteiger partial charge in [0.1, 0.15) is 17.0 Å². The van der Waals surface area contributed by atoms with Crippen LogP contribution < -0.4 is 30.8 Å². The number of carbonyl (C=O) groups excluding carboxylic acids is 1. The number of ether oxygens (including phenoxy) is 3. The van der Waals surface area contributed by atoms with Crippen LogP contribution in [0.1, 0.15) is 5.56 Å². The molecular weight excluding hydrogens is 446 g/mol. The largest absolute Gasteiger partial charge is 0.496 e. The van der Waals surface area contributed by atoms with Gasteiger partial charge in [-0.2, -0.15) is 0 Å². The molecule has 1 N–H and O–H groups in total. The predicted molar refractivity (Wildman–Crippen MR) is 124 cm³/mol. The molecule has 3 heterocycles. The molecule has 1 aliphatic rings. The van der Waals surface area contributed by atoms with Crippen LogP contribution in [0.15, 0.2) is 63.5 Å². The fourth-order valence-corrected chi connectivity index (χ4v) is 4.59. The van der Waals surface area contributed by atoms with Crippen LogP contribution in [0.4, 0.5) is 5.69 Å². The van der Waals surface area contributed by atoms with Gasteiger partial charge in [-0.3, -0.25) is 18.7 Å². The van der Waals surface area contributed by atoms with Crippen molar-refractivity contribution in [2.75, 3.05) is 19.2 Å². The first-order chi connectivity index (χ1) is 16.0. The highest BCUT2D eigenvalue weighted by atomic mass is 32.1. The van der Waals surface area contributed by atoms with Gasteiger partial charge in [0, 0.05) is 17.3 Å². The zero-order valence-electron chi connectivity index (χ0n) is 17.6. The predicted octanol–water partition coefficient (Wildman–Crippen LogP) is 2.65. The summed E-state index contributed by atoms with van der Waals surface area (Å²) in [6, 6.07) is 13.9. The fraction of sp³-hybridized carbons (Fsp3) is 0.174. The molecule has 33 heavy (non-hydrogen) atoms. The number of thiophene rings is 1. The summed E-state index contributed by atoms with van der Waals surface area (Å²) in [5.41, 5.74) is 0.653. The molecule has 0 radical (unpaired) electrons. The first-order valence-electron chi connectivity index (χ1n) is 10.1. The summed E-state index contributed by atoms with van der Waals surface area (Å²) in [4.78, 5) is 39.2. The van der Waals surface area contributed by atoms with E-state index in [9.17, 15) is 14.4 Å². The Morgan fingerprint density at radius 3 is 2.76 bits per heavy atom. The van der Waals surface area contributed by atoms with Crippen LogP contribution in [0, 0.1) is 0 Å². The number of aromatic nitrogens is 2. The second-order valence-corrected chi connectivity index (χ2v) is 8.24. The van der Waals surface area contributed by atoms with E-state index in [0.717, 1.165) is 4.57 Å². The number of rotatable bonds is 6. The Morgan fingerprint density at radius 1 is 1.09 bits per heavy atom. The minimum Gasteiger partial charge on any atom is -0.496 e. The maximum atomic E-state index is 13.3. The van der Waals surface area contributed by atoms with E-state index < -0.39 is 17.2 Å². The molecule has 168 valence electrons. The lowest BCUT2D eigenvalue weighted by atomic mass is 10.2. The van der Waals surface area contributed by atoms with Gasteiger partial charge >= 0.3 is 5.69 Å². The molecule has 1 amide bonds. The monoisotopic (exact) mass is 465 g/mol. The number of para-hydroxylation sites is 1. The van der Waals surface area contributed by atoms with Gasteiger partial charge in [0.05, 0.1) is 19.2 Å². The third kappa shape index (κ3) is 3.85. The summed E-state index contributed by atoms with van der Waals surface area (Å²) in [6.45, 7) is -0.0992. The third-order valence-electron chi connectivity index (χ3n) is 5.32. The molecule has 10 heteroatoms. The molecule has 9 nitrogen and oxygen atoms in total. The second kappa shape index (κ2) is 8.47. The first-order valence-corrected chi connectivity index (χ1v) is 11.0. The van der Waals surface area contributed by atoms with Gasteiger partial charge in [-0.15, -0.1) is 11.3 Å². The van der Waals surface area contributed by atoms with E-state index in [0.29, 0.717) is 38.7 Å². The van der Waals surface area contributed by atoms with Gasteiger partial charge < -0.3 is 19.5 Å². The van der Waals surface area contributed by atoms with Gasteiger partial charge in [-0.1, -0.05) is 18.2 Å². The Labute approximate surface area is 191 Å². The van der Waals surface area contributed by atoms with Crippen molar-refractivity contribution in [2.45, 2.75) is 13.1 Å². The van der Waals surface area contributed by atoms with E-state index in [1.807, 2.05) is 12.1 Å². The van der Waals surface area contributed by atoms with Gasteiger partial charge in [-0.25, -0.2) is 4.79 Å². The molecular formula is C23H19N3O6S. The SMILES string of the molecule is COc1ccccc1Cn1c(=O)c2sccc2n(CC(=O)Nc2ccc3c(c2)OCO3)c1=O. The zero-order chi connectivity index (χ0) is 22.9. The van der Waals surface area contributed by atoms with E-state index in [1.54, 1.807) is 41.8 Å². The molecule has 2 aromatic carbocycles. The Morgan fingerprint density at radius 2 is 1.91 bits per heavy atom. The highest BCUT2D eigenvalue weighted by Crippen LogP contribution is 2.34. The molecule has 5 rings (SSSR count). The summed E-state index contributed by atoms with van der Waals surface area (Å²) in [5.74, 6) is 1.30. The van der Waals surface area contributed by atoms with Crippen LogP contribution in [0.25, 0.3) is 10.2 Å². The number of amides is 1.